The first kappa shape index (κ1) is 21.5. The number of nitrogens with one attached hydrogen (secondary N) is 1. The van der Waals surface area contributed by atoms with E-state index in [1.54, 1.807) is 12.1 Å². The smallest absolute Gasteiger partial charge is 0.240 e. The summed E-state index contributed by atoms with van der Waals surface area (Å²) in [7, 11) is -3.55. The van der Waals surface area contributed by atoms with E-state index in [1.165, 1.54) is 18.4 Å². The van der Waals surface area contributed by atoms with Gasteiger partial charge in [-0.3, -0.25) is 9.10 Å². The lowest BCUT2D eigenvalue weighted by Gasteiger charge is -2.24. The second-order valence-electron chi connectivity index (χ2n) is 8.27. The number of carbonyl (C=O) groups is 1. The van der Waals surface area contributed by atoms with Gasteiger partial charge in [0.15, 0.2) is 0 Å². The van der Waals surface area contributed by atoms with Crippen LogP contribution in [0.3, 0.4) is 0 Å². The number of rotatable bonds is 7. The Kier molecular flexibility index (Phi) is 7.09. The van der Waals surface area contributed by atoms with Crippen LogP contribution in [0, 0.1) is 0 Å². The number of allylic oxidation sites excluding steroid dienone is 1. The molecular weight excluding hydrogens is 360 g/mol. The van der Waals surface area contributed by atoms with Crippen LogP contribution in [-0.2, 0) is 20.2 Å². The first-order chi connectivity index (χ1) is 12.6. The van der Waals surface area contributed by atoms with Gasteiger partial charge in [-0.15, -0.1) is 0 Å². The molecule has 0 spiro atoms. The second kappa shape index (κ2) is 8.91. The van der Waals surface area contributed by atoms with Crippen molar-refractivity contribution in [3.8, 4) is 0 Å². The fraction of sp³-hybridized carbons (Fsp3) is 0.571. The molecule has 1 N–H and O–H groups in total. The van der Waals surface area contributed by atoms with E-state index in [4.69, 9.17) is 0 Å². The van der Waals surface area contributed by atoms with Gasteiger partial charge in [0.05, 0.1) is 11.9 Å². The van der Waals surface area contributed by atoms with Crippen molar-refractivity contribution in [3.05, 3.63) is 41.5 Å². The first-order valence-corrected chi connectivity index (χ1v) is 11.4. The summed E-state index contributed by atoms with van der Waals surface area (Å²) in [6.07, 6.45) is 8.91. The van der Waals surface area contributed by atoms with Crippen LogP contribution in [0.15, 0.2) is 35.9 Å². The molecule has 0 saturated heterocycles. The number of benzene rings is 1. The number of amides is 1. The van der Waals surface area contributed by atoms with Gasteiger partial charge in [-0.25, -0.2) is 8.42 Å². The number of hydrogen-bond donors (Lipinski definition) is 1. The maximum Gasteiger partial charge on any atom is 0.240 e. The molecule has 27 heavy (non-hydrogen) atoms. The van der Waals surface area contributed by atoms with Crippen LogP contribution >= 0.6 is 0 Å². The highest BCUT2D eigenvalue weighted by Gasteiger charge is 2.22. The Balaban J connectivity index is 2.00. The number of nitrogens with zero attached hydrogens (tertiary/aromatic N) is 1. The molecule has 0 bridgehead atoms. The number of carbonyl (C=O) groups excluding carboxylic acids is 1. The summed E-state index contributed by atoms with van der Waals surface area (Å²) in [5.41, 5.74) is 3.00. The minimum atomic E-state index is -3.55. The van der Waals surface area contributed by atoms with Crippen molar-refractivity contribution < 1.29 is 13.2 Å². The molecule has 5 nitrogen and oxygen atoms in total. The fourth-order valence-corrected chi connectivity index (χ4v) is 4.06. The quantitative estimate of drug-likeness (QED) is 0.719. The van der Waals surface area contributed by atoms with Gasteiger partial charge in [0.2, 0.25) is 15.9 Å². The van der Waals surface area contributed by atoms with Gasteiger partial charge in [0, 0.05) is 6.54 Å². The van der Waals surface area contributed by atoms with Crippen molar-refractivity contribution >= 4 is 21.6 Å². The molecule has 1 aromatic carbocycles. The van der Waals surface area contributed by atoms with Crippen LogP contribution in [0.4, 0.5) is 5.69 Å². The Hall–Kier alpha value is -1.82. The number of sulfonamides is 1. The van der Waals surface area contributed by atoms with Gasteiger partial charge in [-0.05, 0) is 55.2 Å². The molecule has 0 heterocycles. The molecule has 150 valence electrons. The van der Waals surface area contributed by atoms with Crippen LogP contribution in [0.1, 0.15) is 58.4 Å². The van der Waals surface area contributed by atoms with E-state index in [0.717, 1.165) is 35.4 Å². The molecular formula is C21H32N2O3S. The highest BCUT2D eigenvalue weighted by atomic mass is 32.2. The highest BCUT2D eigenvalue weighted by Crippen LogP contribution is 2.26. The van der Waals surface area contributed by atoms with E-state index < -0.39 is 10.0 Å². The lowest BCUT2D eigenvalue weighted by molar-refractivity contribution is -0.119. The van der Waals surface area contributed by atoms with Crippen molar-refractivity contribution in [1.82, 2.24) is 5.32 Å². The molecule has 0 fully saturated rings. The SMILES string of the molecule is CC(C)(C)c1ccc(N(CC(=O)NCCC2=CCCCC2)S(C)(=O)=O)cc1. The zero-order chi connectivity index (χ0) is 20.1. The minimum Gasteiger partial charge on any atom is -0.354 e. The Morgan fingerprint density at radius 1 is 1.15 bits per heavy atom. The molecule has 0 radical (unpaired) electrons. The molecule has 0 unspecified atom stereocenters. The fourth-order valence-electron chi connectivity index (χ4n) is 3.21. The minimum absolute atomic E-state index is 0.0143. The molecule has 1 aromatic rings. The summed E-state index contributed by atoms with van der Waals surface area (Å²) in [4.78, 5) is 12.3. The van der Waals surface area contributed by atoms with Crippen molar-refractivity contribution in [2.24, 2.45) is 0 Å². The van der Waals surface area contributed by atoms with Gasteiger partial charge in [-0.1, -0.05) is 44.6 Å². The molecule has 1 amide bonds. The van der Waals surface area contributed by atoms with Crippen LogP contribution < -0.4 is 9.62 Å². The van der Waals surface area contributed by atoms with Crippen LogP contribution in [0.25, 0.3) is 0 Å². The zero-order valence-corrected chi connectivity index (χ0v) is 17.7. The monoisotopic (exact) mass is 392 g/mol. The molecule has 1 aliphatic carbocycles. The molecule has 0 saturated carbocycles. The van der Waals surface area contributed by atoms with Crippen LogP contribution in [0.5, 0.6) is 0 Å². The Morgan fingerprint density at radius 3 is 2.33 bits per heavy atom. The second-order valence-corrected chi connectivity index (χ2v) is 10.2. The van der Waals surface area contributed by atoms with Crippen molar-refractivity contribution in [1.29, 1.82) is 0 Å². The third kappa shape index (κ3) is 6.69. The Labute approximate surface area is 163 Å². The third-order valence-electron chi connectivity index (χ3n) is 4.86. The molecule has 0 aliphatic heterocycles. The average Bonchev–Trinajstić information content (AvgIpc) is 2.59. The lowest BCUT2D eigenvalue weighted by atomic mass is 9.87. The predicted molar refractivity (Wildman–Crippen MR) is 112 cm³/mol. The highest BCUT2D eigenvalue weighted by molar-refractivity contribution is 7.92. The Bertz CT molecular complexity index is 775. The lowest BCUT2D eigenvalue weighted by Crippen LogP contribution is -2.40. The van der Waals surface area contributed by atoms with Crippen LogP contribution in [-0.4, -0.2) is 33.7 Å². The van der Waals surface area contributed by atoms with E-state index in [-0.39, 0.29) is 17.9 Å². The normalized spacial score (nSPS) is 15.2. The largest absolute Gasteiger partial charge is 0.354 e. The van der Waals surface area contributed by atoms with E-state index in [0.29, 0.717) is 12.2 Å². The van der Waals surface area contributed by atoms with Gasteiger partial charge in [0.1, 0.15) is 6.54 Å². The predicted octanol–water partition coefficient (Wildman–Crippen LogP) is 3.76. The standard InChI is InChI=1S/C21H32N2O3S/c1-21(2,3)18-10-12-19(13-11-18)23(27(4,25)26)16-20(24)22-15-14-17-8-6-5-7-9-17/h8,10-13H,5-7,9,14-16H2,1-4H3,(H,22,24). The average molecular weight is 393 g/mol. The zero-order valence-electron chi connectivity index (χ0n) is 16.9. The van der Waals surface area contributed by atoms with Gasteiger partial charge in [0.25, 0.3) is 0 Å². The van der Waals surface area contributed by atoms with Crippen molar-refractivity contribution in [3.63, 3.8) is 0 Å². The van der Waals surface area contributed by atoms with Crippen molar-refractivity contribution in [2.45, 2.75) is 58.3 Å². The molecule has 0 atom stereocenters. The van der Waals surface area contributed by atoms with E-state index in [1.807, 2.05) is 12.1 Å². The summed E-state index contributed by atoms with van der Waals surface area (Å²) >= 11 is 0. The maximum absolute atomic E-state index is 12.3. The molecule has 2 rings (SSSR count). The molecule has 6 heteroatoms. The van der Waals surface area contributed by atoms with Crippen molar-refractivity contribution in [2.75, 3.05) is 23.7 Å². The van der Waals surface area contributed by atoms with Gasteiger partial charge < -0.3 is 5.32 Å². The summed E-state index contributed by atoms with van der Waals surface area (Å²) in [5.74, 6) is -0.281. The summed E-state index contributed by atoms with van der Waals surface area (Å²) < 4.78 is 25.6. The molecule has 0 aromatic heterocycles. The third-order valence-corrected chi connectivity index (χ3v) is 6.00. The summed E-state index contributed by atoms with van der Waals surface area (Å²) in [6, 6.07) is 7.37. The van der Waals surface area contributed by atoms with Gasteiger partial charge >= 0.3 is 0 Å². The Morgan fingerprint density at radius 2 is 1.81 bits per heavy atom. The summed E-state index contributed by atoms with van der Waals surface area (Å²) in [6.45, 7) is 6.65. The van der Waals surface area contributed by atoms with Crippen LogP contribution in [0.2, 0.25) is 0 Å². The first-order valence-electron chi connectivity index (χ1n) is 9.60. The molecule has 1 aliphatic rings. The van der Waals surface area contributed by atoms with E-state index in [2.05, 4.69) is 32.2 Å². The van der Waals surface area contributed by atoms with E-state index in [9.17, 15) is 13.2 Å². The van der Waals surface area contributed by atoms with E-state index >= 15 is 0 Å². The van der Waals surface area contributed by atoms with Gasteiger partial charge in [-0.2, -0.15) is 0 Å². The number of hydrogen-bond acceptors (Lipinski definition) is 3. The summed E-state index contributed by atoms with van der Waals surface area (Å²) in [5, 5.41) is 2.85. The maximum atomic E-state index is 12.3. The number of anilines is 1. The topological polar surface area (TPSA) is 66.5 Å².